The van der Waals surface area contributed by atoms with E-state index in [1.165, 1.54) is 0 Å². The van der Waals surface area contributed by atoms with Gasteiger partial charge in [0.05, 0.1) is 11.8 Å². The molecule has 2 saturated heterocycles. The maximum atomic E-state index is 12.4. The van der Waals surface area contributed by atoms with Crippen LogP contribution in [0.5, 0.6) is 0 Å². The second-order valence-electron chi connectivity index (χ2n) is 5.74. The van der Waals surface area contributed by atoms with Crippen molar-refractivity contribution in [3.05, 3.63) is 0 Å². The Hall–Kier alpha value is -1.76. The van der Waals surface area contributed by atoms with Crippen molar-refractivity contribution in [1.82, 2.24) is 10.2 Å². The summed E-state index contributed by atoms with van der Waals surface area (Å²) in [5.41, 5.74) is 5.97. The molecule has 2 heterocycles. The summed E-state index contributed by atoms with van der Waals surface area (Å²) in [6, 6.07) is -1.17. The number of nitrogens with zero attached hydrogens (tertiary/aromatic N) is 1. The highest BCUT2D eigenvalue weighted by Crippen LogP contribution is 2.39. The van der Waals surface area contributed by atoms with Crippen LogP contribution < -0.4 is 11.1 Å². The van der Waals surface area contributed by atoms with Crippen LogP contribution in [0.15, 0.2) is 0 Å². The third kappa shape index (κ3) is 1.84. The smallest absolute Gasteiger partial charge is 0.249 e. The van der Waals surface area contributed by atoms with Gasteiger partial charge in [-0.15, -0.1) is 0 Å². The minimum absolute atomic E-state index is 0.148. The number of fused-ring (bicyclic) bond motifs is 1. The van der Waals surface area contributed by atoms with Crippen LogP contribution in [-0.2, 0) is 19.2 Å². The standard InChI is InChI=1S/C13H17N3O4/c14-7-3-1-2-6-10(7)13(20)16(12(6)19)8-4-5-9(17)15-11(8)18/h6-8,10H,1-5,14H2,(H,15,17,18). The van der Waals surface area contributed by atoms with Crippen LogP contribution in [0, 0.1) is 11.8 Å². The van der Waals surface area contributed by atoms with Crippen molar-refractivity contribution in [2.45, 2.75) is 44.2 Å². The van der Waals surface area contributed by atoms with E-state index in [4.69, 9.17) is 5.73 Å². The van der Waals surface area contributed by atoms with Gasteiger partial charge in [-0.1, -0.05) is 6.42 Å². The second kappa shape index (κ2) is 4.66. The molecule has 7 nitrogen and oxygen atoms in total. The van der Waals surface area contributed by atoms with E-state index in [1.807, 2.05) is 0 Å². The van der Waals surface area contributed by atoms with Crippen molar-refractivity contribution in [2.24, 2.45) is 17.6 Å². The van der Waals surface area contributed by atoms with Gasteiger partial charge in [0.1, 0.15) is 6.04 Å². The number of nitrogens with two attached hydrogens (primary N) is 1. The number of rotatable bonds is 1. The van der Waals surface area contributed by atoms with Crippen LogP contribution in [0.25, 0.3) is 0 Å². The summed E-state index contributed by atoms with van der Waals surface area (Å²) in [7, 11) is 0. The minimum Gasteiger partial charge on any atom is -0.327 e. The van der Waals surface area contributed by atoms with Crippen molar-refractivity contribution in [3.63, 3.8) is 0 Å². The molecule has 3 fully saturated rings. The van der Waals surface area contributed by atoms with E-state index in [9.17, 15) is 19.2 Å². The Morgan fingerprint density at radius 3 is 2.45 bits per heavy atom. The van der Waals surface area contributed by atoms with Crippen LogP contribution in [0.4, 0.5) is 0 Å². The quantitative estimate of drug-likeness (QED) is 0.592. The number of imide groups is 2. The lowest BCUT2D eigenvalue weighted by molar-refractivity contribution is -0.151. The number of amides is 4. The molecule has 1 saturated carbocycles. The zero-order valence-corrected chi connectivity index (χ0v) is 11.0. The summed E-state index contributed by atoms with van der Waals surface area (Å²) in [6.07, 6.45) is 2.55. The molecule has 0 aromatic heterocycles. The molecule has 0 aromatic carbocycles. The van der Waals surface area contributed by atoms with Gasteiger partial charge in [0.15, 0.2) is 0 Å². The molecule has 0 spiro atoms. The summed E-state index contributed by atoms with van der Waals surface area (Å²) in [6.45, 7) is 0. The molecular weight excluding hydrogens is 262 g/mol. The van der Waals surface area contributed by atoms with Crippen LogP contribution in [-0.4, -0.2) is 40.6 Å². The number of hydrogen-bond donors (Lipinski definition) is 2. The number of piperidine rings is 1. The highest BCUT2D eigenvalue weighted by molar-refractivity contribution is 6.11. The Labute approximate surface area is 115 Å². The monoisotopic (exact) mass is 279 g/mol. The average Bonchev–Trinajstić information content (AvgIpc) is 2.64. The Balaban J connectivity index is 1.87. The molecule has 3 N–H and O–H groups in total. The Morgan fingerprint density at radius 2 is 1.80 bits per heavy atom. The molecule has 0 aromatic rings. The molecule has 2 aliphatic heterocycles. The molecular formula is C13H17N3O4. The van der Waals surface area contributed by atoms with E-state index in [2.05, 4.69) is 5.32 Å². The summed E-state index contributed by atoms with van der Waals surface area (Å²) in [5, 5.41) is 2.18. The first kappa shape index (κ1) is 13.2. The molecule has 1 aliphatic carbocycles. The molecule has 4 atom stereocenters. The molecule has 7 heteroatoms. The largest absolute Gasteiger partial charge is 0.327 e. The van der Waals surface area contributed by atoms with Crippen molar-refractivity contribution in [3.8, 4) is 0 Å². The normalized spacial score (nSPS) is 38.0. The topological polar surface area (TPSA) is 110 Å². The van der Waals surface area contributed by atoms with Crippen LogP contribution in [0.3, 0.4) is 0 Å². The van der Waals surface area contributed by atoms with E-state index >= 15 is 0 Å². The lowest BCUT2D eigenvalue weighted by Crippen LogP contribution is -2.54. The first-order valence-electron chi connectivity index (χ1n) is 6.97. The zero-order chi connectivity index (χ0) is 14.4. The minimum atomic E-state index is -0.856. The number of likely N-dealkylation sites (tertiary alicyclic amines) is 1. The molecule has 108 valence electrons. The zero-order valence-electron chi connectivity index (χ0n) is 11.0. The number of nitrogens with one attached hydrogen (secondary N) is 1. The molecule has 0 radical (unpaired) electrons. The third-order valence-corrected chi connectivity index (χ3v) is 4.55. The molecule has 3 rings (SSSR count). The predicted octanol–water partition coefficient (Wildman–Crippen LogP) is -1.10. The van der Waals surface area contributed by atoms with Gasteiger partial charge in [-0.25, -0.2) is 0 Å². The van der Waals surface area contributed by atoms with Gasteiger partial charge in [0, 0.05) is 12.5 Å². The van der Waals surface area contributed by atoms with Gasteiger partial charge in [0.2, 0.25) is 23.6 Å². The van der Waals surface area contributed by atoms with E-state index in [0.717, 1.165) is 17.7 Å². The van der Waals surface area contributed by atoms with Crippen molar-refractivity contribution in [2.75, 3.05) is 0 Å². The lowest BCUT2D eigenvalue weighted by atomic mass is 9.78. The summed E-state index contributed by atoms with van der Waals surface area (Å²) >= 11 is 0. The van der Waals surface area contributed by atoms with E-state index in [0.29, 0.717) is 6.42 Å². The van der Waals surface area contributed by atoms with Crippen molar-refractivity contribution in [1.29, 1.82) is 0 Å². The fourth-order valence-corrected chi connectivity index (χ4v) is 3.55. The highest BCUT2D eigenvalue weighted by Gasteiger charge is 2.54. The van der Waals surface area contributed by atoms with Crippen LogP contribution >= 0.6 is 0 Å². The summed E-state index contributed by atoms with van der Waals surface area (Å²) in [4.78, 5) is 48.9. The van der Waals surface area contributed by atoms with Gasteiger partial charge < -0.3 is 5.73 Å². The predicted molar refractivity (Wildman–Crippen MR) is 66.8 cm³/mol. The van der Waals surface area contributed by atoms with Crippen LogP contribution in [0.2, 0.25) is 0 Å². The van der Waals surface area contributed by atoms with Crippen molar-refractivity contribution < 1.29 is 19.2 Å². The fraction of sp³-hybridized carbons (Fsp3) is 0.692. The molecule has 4 amide bonds. The van der Waals surface area contributed by atoms with Crippen LogP contribution in [0.1, 0.15) is 32.1 Å². The van der Waals surface area contributed by atoms with Gasteiger partial charge in [-0.3, -0.25) is 29.4 Å². The summed E-state index contributed by atoms with van der Waals surface area (Å²) in [5.74, 6) is -2.46. The Morgan fingerprint density at radius 1 is 1.05 bits per heavy atom. The SMILES string of the molecule is NC1CCCC2C(=O)N(C3CCC(=O)NC3=O)C(=O)C12. The maximum absolute atomic E-state index is 12.4. The van der Waals surface area contributed by atoms with Gasteiger partial charge >= 0.3 is 0 Å². The van der Waals surface area contributed by atoms with E-state index in [-0.39, 0.29) is 36.6 Å². The Kier molecular flexibility index (Phi) is 3.08. The van der Waals surface area contributed by atoms with Gasteiger partial charge in [0.25, 0.3) is 0 Å². The second-order valence-corrected chi connectivity index (χ2v) is 5.74. The first-order chi connectivity index (χ1) is 9.50. The summed E-state index contributed by atoms with van der Waals surface area (Å²) < 4.78 is 0. The Bertz CT molecular complexity index is 504. The molecule has 3 aliphatic rings. The average molecular weight is 279 g/mol. The van der Waals surface area contributed by atoms with Gasteiger partial charge in [-0.05, 0) is 19.3 Å². The van der Waals surface area contributed by atoms with Crippen molar-refractivity contribution >= 4 is 23.6 Å². The molecule has 20 heavy (non-hydrogen) atoms. The highest BCUT2D eigenvalue weighted by atomic mass is 16.2. The maximum Gasteiger partial charge on any atom is 0.249 e. The van der Waals surface area contributed by atoms with E-state index < -0.39 is 23.8 Å². The first-order valence-corrected chi connectivity index (χ1v) is 6.97. The van der Waals surface area contributed by atoms with Gasteiger partial charge in [-0.2, -0.15) is 0 Å². The number of carbonyl (C=O) groups is 4. The molecule has 4 unspecified atom stereocenters. The molecule has 0 bridgehead atoms. The number of carbonyl (C=O) groups excluding carboxylic acids is 4. The lowest BCUT2D eigenvalue weighted by Gasteiger charge is -2.28. The fourth-order valence-electron chi connectivity index (χ4n) is 3.55. The third-order valence-electron chi connectivity index (χ3n) is 4.55. The number of hydrogen-bond acceptors (Lipinski definition) is 5. The van der Waals surface area contributed by atoms with E-state index in [1.54, 1.807) is 0 Å².